The van der Waals surface area contributed by atoms with Crippen molar-refractivity contribution in [2.45, 2.75) is 32.2 Å². The minimum atomic E-state index is 0.129. The van der Waals surface area contributed by atoms with Crippen LogP contribution in [0.3, 0.4) is 0 Å². The Bertz CT molecular complexity index is 450. The van der Waals surface area contributed by atoms with Gasteiger partial charge in [0.25, 0.3) is 5.91 Å². The number of carbonyl (C=O) groups excluding carboxylic acids is 1. The van der Waals surface area contributed by atoms with Crippen LogP contribution in [-0.2, 0) is 6.42 Å². The van der Waals surface area contributed by atoms with Gasteiger partial charge in [0.15, 0.2) is 0 Å². The topological polar surface area (TPSA) is 49.6 Å². The van der Waals surface area contributed by atoms with Crippen LogP contribution in [0.5, 0.6) is 0 Å². The van der Waals surface area contributed by atoms with Crippen LogP contribution >= 0.6 is 0 Å². The summed E-state index contributed by atoms with van der Waals surface area (Å²) in [5.41, 5.74) is 7.51. The van der Waals surface area contributed by atoms with E-state index < -0.39 is 0 Å². The molecule has 0 saturated carbocycles. The third kappa shape index (κ3) is 4.05. The highest BCUT2D eigenvalue weighted by Gasteiger charge is 2.25. The van der Waals surface area contributed by atoms with Gasteiger partial charge in [-0.15, -0.1) is 0 Å². The Morgan fingerprint density at radius 2 is 1.90 bits per heavy atom. The van der Waals surface area contributed by atoms with Crippen LogP contribution in [0.15, 0.2) is 24.3 Å². The van der Waals surface area contributed by atoms with Crippen molar-refractivity contribution in [3.8, 4) is 0 Å². The molecule has 1 amide bonds. The molecule has 2 N–H and O–H groups in total. The van der Waals surface area contributed by atoms with Crippen LogP contribution in [0.1, 0.15) is 35.7 Å². The highest BCUT2D eigenvalue weighted by Crippen LogP contribution is 2.17. The molecule has 4 heteroatoms. The number of nitrogens with two attached hydrogens (primary N) is 1. The first-order valence-corrected chi connectivity index (χ1v) is 7.94. The van der Waals surface area contributed by atoms with Gasteiger partial charge in [0.05, 0.1) is 0 Å². The van der Waals surface area contributed by atoms with Crippen LogP contribution in [0.4, 0.5) is 0 Å². The predicted molar refractivity (Wildman–Crippen MR) is 86.4 cm³/mol. The normalized spacial score (nSPS) is 16.9. The molecule has 0 spiro atoms. The third-order valence-corrected chi connectivity index (χ3v) is 4.51. The smallest absolute Gasteiger partial charge is 0.253 e. The van der Waals surface area contributed by atoms with Gasteiger partial charge >= 0.3 is 0 Å². The molecular weight excluding hydrogens is 262 g/mol. The first-order chi connectivity index (χ1) is 10.2. The number of rotatable bonds is 5. The SMILES string of the molecule is CCN1CCC(N(C)C(=O)c2ccc(CCN)cc2)CC1. The summed E-state index contributed by atoms with van der Waals surface area (Å²) in [7, 11) is 1.93. The van der Waals surface area contributed by atoms with E-state index in [1.165, 1.54) is 5.56 Å². The summed E-state index contributed by atoms with van der Waals surface area (Å²) in [4.78, 5) is 16.9. The second kappa shape index (κ2) is 7.57. The van der Waals surface area contributed by atoms with Crippen molar-refractivity contribution in [2.24, 2.45) is 5.73 Å². The van der Waals surface area contributed by atoms with E-state index >= 15 is 0 Å². The standard InChI is InChI=1S/C17H27N3O/c1-3-20-12-9-16(10-13-20)19(2)17(21)15-6-4-14(5-7-15)8-11-18/h4-7,16H,3,8-13,18H2,1-2H3. The summed E-state index contributed by atoms with van der Waals surface area (Å²) in [5.74, 6) is 0.129. The molecule has 1 aliphatic rings. The summed E-state index contributed by atoms with van der Waals surface area (Å²) in [6.45, 7) is 6.12. The molecular formula is C17H27N3O. The van der Waals surface area contributed by atoms with Crippen LogP contribution in [0.2, 0.25) is 0 Å². The first-order valence-electron chi connectivity index (χ1n) is 7.94. The Balaban J connectivity index is 1.95. The highest BCUT2D eigenvalue weighted by molar-refractivity contribution is 5.94. The molecule has 1 aromatic carbocycles. The van der Waals surface area contributed by atoms with Gasteiger partial charge in [-0.05, 0) is 50.0 Å². The van der Waals surface area contributed by atoms with E-state index in [1.54, 1.807) is 0 Å². The average Bonchev–Trinajstić information content (AvgIpc) is 2.54. The number of hydrogen-bond acceptors (Lipinski definition) is 3. The number of nitrogens with zero attached hydrogens (tertiary/aromatic N) is 2. The molecule has 21 heavy (non-hydrogen) atoms. The summed E-state index contributed by atoms with van der Waals surface area (Å²) < 4.78 is 0. The Labute approximate surface area is 127 Å². The lowest BCUT2D eigenvalue weighted by molar-refractivity contribution is 0.0647. The van der Waals surface area contributed by atoms with E-state index in [2.05, 4.69) is 11.8 Å². The van der Waals surface area contributed by atoms with Gasteiger partial charge in [0.2, 0.25) is 0 Å². The van der Waals surface area contributed by atoms with E-state index in [0.29, 0.717) is 12.6 Å². The van der Waals surface area contributed by atoms with Crippen molar-refractivity contribution in [2.75, 3.05) is 33.2 Å². The predicted octanol–water partition coefficient (Wildman–Crippen LogP) is 1.74. The summed E-state index contributed by atoms with van der Waals surface area (Å²) in [6, 6.07) is 8.22. The molecule has 0 bridgehead atoms. The molecule has 1 aliphatic heterocycles. The number of piperidine rings is 1. The number of benzene rings is 1. The maximum Gasteiger partial charge on any atom is 0.253 e. The molecule has 4 nitrogen and oxygen atoms in total. The molecule has 0 unspecified atom stereocenters. The lowest BCUT2D eigenvalue weighted by atomic mass is 10.0. The quantitative estimate of drug-likeness (QED) is 0.898. The molecule has 1 heterocycles. The van der Waals surface area contributed by atoms with Gasteiger partial charge < -0.3 is 15.5 Å². The minimum Gasteiger partial charge on any atom is -0.339 e. The molecule has 1 fully saturated rings. The fourth-order valence-corrected chi connectivity index (χ4v) is 2.97. The van der Waals surface area contributed by atoms with Crippen molar-refractivity contribution in [1.82, 2.24) is 9.80 Å². The summed E-state index contributed by atoms with van der Waals surface area (Å²) in [6.07, 6.45) is 3.00. The summed E-state index contributed by atoms with van der Waals surface area (Å²) in [5, 5.41) is 0. The maximum atomic E-state index is 12.6. The van der Waals surface area contributed by atoms with Crippen molar-refractivity contribution < 1.29 is 4.79 Å². The number of amides is 1. The Hall–Kier alpha value is -1.39. The van der Waals surface area contributed by atoms with Crippen LogP contribution < -0.4 is 5.73 Å². The Morgan fingerprint density at radius 3 is 2.43 bits per heavy atom. The average molecular weight is 289 g/mol. The second-order valence-corrected chi connectivity index (χ2v) is 5.82. The van der Waals surface area contributed by atoms with Crippen LogP contribution in [0.25, 0.3) is 0 Å². The fourth-order valence-electron chi connectivity index (χ4n) is 2.97. The van der Waals surface area contributed by atoms with Crippen molar-refractivity contribution in [3.63, 3.8) is 0 Å². The van der Waals surface area contributed by atoms with E-state index in [-0.39, 0.29) is 5.91 Å². The Kier molecular flexibility index (Phi) is 5.76. The number of carbonyl (C=O) groups is 1. The minimum absolute atomic E-state index is 0.129. The van der Waals surface area contributed by atoms with E-state index in [4.69, 9.17) is 5.73 Å². The zero-order valence-electron chi connectivity index (χ0n) is 13.2. The molecule has 0 aromatic heterocycles. The van der Waals surface area contributed by atoms with Gasteiger partial charge in [-0.2, -0.15) is 0 Å². The molecule has 2 rings (SSSR count). The lowest BCUT2D eigenvalue weighted by Gasteiger charge is -2.36. The monoisotopic (exact) mass is 289 g/mol. The summed E-state index contributed by atoms with van der Waals surface area (Å²) >= 11 is 0. The van der Waals surface area contributed by atoms with Crippen LogP contribution in [0, 0.1) is 0 Å². The zero-order chi connectivity index (χ0) is 15.2. The van der Waals surface area contributed by atoms with Gasteiger partial charge in [0, 0.05) is 31.7 Å². The van der Waals surface area contributed by atoms with E-state index in [0.717, 1.165) is 44.5 Å². The molecule has 1 aromatic rings. The van der Waals surface area contributed by atoms with Crippen molar-refractivity contribution in [3.05, 3.63) is 35.4 Å². The molecule has 1 saturated heterocycles. The largest absolute Gasteiger partial charge is 0.339 e. The first kappa shape index (κ1) is 16.0. The number of likely N-dealkylation sites (tertiary alicyclic amines) is 1. The lowest BCUT2D eigenvalue weighted by Crippen LogP contribution is -2.45. The zero-order valence-corrected chi connectivity index (χ0v) is 13.2. The fraction of sp³-hybridized carbons (Fsp3) is 0.588. The molecule has 0 atom stereocenters. The number of hydrogen-bond donors (Lipinski definition) is 1. The van der Waals surface area contributed by atoms with Gasteiger partial charge in [-0.3, -0.25) is 4.79 Å². The van der Waals surface area contributed by atoms with Gasteiger partial charge in [0.1, 0.15) is 0 Å². The second-order valence-electron chi connectivity index (χ2n) is 5.82. The van der Waals surface area contributed by atoms with Crippen molar-refractivity contribution >= 4 is 5.91 Å². The Morgan fingerprint density at radius 1 is 1.29 bits per heavy atom. The van der Waals surface area contributed by atoms with Crippen LogP contribution in [-0.4, -0.2) is 55.0 Å². The van der Waals surface area contributed by atoms with Gasteiger partial charge in [-0.1, -0.05) is 19.1 Å². The van der Waals surface area contributed by atoms with E-state index in [1.807, 2.05) is 36.2 Å². The highest BCUT2D eigenvalue weighted by atomic mass is 16.2. The van der Waals surface area contributed by atoms with Gasteiger partial charge in [-0.25, -0.2) is 0 Å². The third-order valence-electron chi connectivity index (χ3n) is 4.51. The molecule has 116 valence electrons. The van der Waals surface area contributed by atoms with E-state index in [9.17, 15) is 4.79 Å². The van der Waals surface area contributed by atoms with Crippen molar-refractivity contribution in [1.29, 1.82) is 0 Å². The molecule has 0 aliphatic carbocycles. The molecule has 0 radical (unpaired) electrons. The maximum absolute atomic E-state index is 12.6.